The zero-order chi connectivity index (χ0) is 16.5. The van der Waals surface area contributed by atoms with Crippen molar-refractivity contribution in [3.63, 3.8) is 0 Å². The molecule has 0 aliphatic carbocycles. The lowest BCUT2D eigenvalue weighted by molar-refractivity contribution is -0.133. The van der Waals surface area contributed by atoms with E-state index in [9.17, 15) is 8.42 Å². The lowest BCUT2D eigenvalue weighted by Gasteiger charge is -2.50. The van der Waals surface area contributed by atoms with Crippen LogP contribution >= 0.6 is 11.8 Å². The standard InChI is InChI=1S/C10H17NOS.C6H6O3S/c1-8-12-10(7-13-8)6-11-4-2-9(10)3-5-11;7-10(8,9)6-4-2-1-3-5-6/h8-9H,2-7H2,1H3;1-5H,(H,7,8,9)/t8-,10-;/m0./s1. The van der Waals surface area contributed by atoms with Gasteiger partial charge >= 0.3 is 0 Å². The summed E-state index contributed by atoms with van der Waals surface area (Å²) in [6.45, 7) is 6.02. The molecule has 5 rings (SSSR count). The number of nitrogens with zero attached hydrogens (tertiary/aromatic N) is 1. The van der Waals surface area contributed by atoms with Crippen molar-refractivity contribution in [3.05, 3.63) is 30.3 Å². The minimum atomic E-state index is -4.00. The van der Waals surface area contributed by atoms with E-state index in [2.05, 4.69) is 11.8 Å². The first-order chi connectivity index (χ1) is 10.9. The topological polar surface area (TPSA) is 66.8 Å². The van der Waals surface area contributed by atoms with Crippen LogP contribution in [0.1, 0.15) is 19.8 Å². The average Bonchev–Trinajstić information content (AvgIpc) is 2.90. The molecule has 4 aliphatic heterocycles. The zero-order valence-corrected chi connectivity index (χ0v) is 14.9. The quantitative estimate of drug-likeness (QED) is 0.779. The summed E-state index contributed by atoms with van der Waals surface area (Å²) in [6.07, 6.45) is 2.74. The summed E-state index contributed by atoms with van der Waals surface area (Å²) in [5.41, 5.74) is 0.682. The molecule has 7 heteroatoms. The summed E-state index contributed by atoms with van der Waals surface area (Å²) in [5.74, 6) is 2.09. The van der Waals surface area contributed by atoms with E-state index in [-0.39, 0.29) is 10.5 Å². The van der Waals surface area contributed by atoms with Crippen molar-refractivity contribution in [1.29, 1.82) is 0 Å². The molecule has 23 heavy (non-hydrogen) atoms. The molecule has 2 bridgehead atoms. The fourth-order valence-corrected chi connectivity index (χ4v) is 5.34. The Morgan fingerprint density at radius 2 is 1.91 bits per heavy atom. The molecule has 1 spiro atoms. The third kappa shape index (κ3) is 3.91. The number of ether oxygens (including phenoxy) is 1. The maximum Gasteiger partial charge on any atom is 0.294 e. The summed E-state index contributed by atoms with van der Waals surface area (Å²) in [7, 11) is -4.00. The average molecular weight is 357 g/mol. The molecule has 5 nitrogen and oxygen atoms in total. The van der Waals surface area contributed by atoms with Gasteiger partial charge in [0.05, 0.1) is 10.5 Å². The number of piperidine rings is 3. The van der Waals surface area contributed by atoms with E-state index in [4.69, 9.17) is 9.29 Å². The summed E-state index contributed by atoms with van der Waals surface area (Å²) < 4.78 is 35.4. The Hall–Kier alpha value is -0.600. The third-order valence-corrected chi connectivity index (χ3v) is 6.92. The molecular weight excluding hydrogens is 334 g/mol. The fraction of sp³-hybridized carbons (Fsp3) is 0.625. The highest BCUT2D eigenvalue weighted by molar-refractivity contribution is 8.00. The number of hydrogen-bond donors (Lipinski definition) is 1. The third-order valence-electron chi connectivity index (χ3n) is 4.83. The van der Waals surface area contributed by atoms with E-state index in [1.165, 1.54) is 50.4 Å². The maximum atomic E-state index is 10.4. The van der Waals surface area contributed by atoms with Crippen LogP contribution in [0.5, 0.6) is 0 Å². The van der Waals surface area contributed by atoms with Crippen LogP contribution in [-0.4, -0.2) is 54.3 Å². The number of benzene rings is 1. The molecule has 1 N–H and O–H groups in total. The molecule has 0 saturated carbocycles. The van der Waals surface area contributed by atoms with E-state index in [0.29, 0.717) is 5.44 Å². The van der Waals surface area contributed by atoms with Crippen molar-refractivity contribution >= 4 is 21.9 Å². The molecule has 0 amide bonds. The first kappa shape index (κ1) is 17.2. The first-order valence-electron chi connectivity index (χ1n) is 7.93. The molecule has 1 aromatic rings. The number of thioether (sulfide) groups is 1. The van der Waals surface area contributed by atoms with Crippen LogP contribution in [0.15, 0.2) is 35.2 Å². The minimum absolute atomic E-state index is 0.0741. The summed E-state index contributed by atoms with van der Waals surface area (Å²) >= 11 is 1.99. The molecule has 0 radical (unpaired) electrons. The van der Waals surface area contributed by atoms with E-state index < -0.39 is 10.1 Å². The van der Waals surface area contributed by atoms with Crippen LogP contribution < -0.4 is 0 Å². The Balaban J connectivity index is 0.000000142. The minimum Gasteiger partial charge on any atom is -0.359 e. The van der Waals surface area contributed by atoms with E-state index >= 15 is 0 Å². The van der Waals surface area contributed by atoms with Gasteiger partial charge in [-0.2, -0.15) is 8.42 Å². The van der Waals surface area contributed by atoms with Gasteiger partial charge in [-0.05, 0) is 50.9 Å². The monoisotopic (exact) mass is 357 g/mol. The molecular formula is C16H23NO4S2. The largest absolute Gasteiger partial charge is 0.359 e. The Morgan fingerprint density at radius 1 is 1.26 bits per heavy atom. The number of hydrogen-bond acceptors (Lipinski definition) is 5. The molecule has 1 aromatic carbocycles. The molecule has 0 unspecified atom stereocenters. The van der Waals surface area contributed by atoms with Crippen molar-refractivity contribution in [1.82, 2.24) is 4.90 Å². The second kappa shape index (κ2) is 6.72. The molecule has 128 valence electrons. The van der Waals surface area contributed by atoms with E-state index in [0.717, 1.165) is 5.92 Å². The SMILES string of the molecule is C[C@H]1O[C@]2(CS1)CN1CCC2CC1.O=S(=O)(O)c1ccccc1. The number of fused-ring (bicyclic) bond motifs is 2. The molecule has 2 atom stereocenters. The first-order valence-corrected chi connectivity index (χ1v) is 10.4. The summed E-state index contributed by atoms with van der Waals surface area (Å²) in [5, 5.41) is 0. The summed E-state index contributed by atoms with van der Waals surface area (Å²) in [4.78, 5) is 2.51. The van der Waals surface area contributed by atoms with Crippen molar-refractivity contribution in [2.45, 2.75) is 35.7 Å². The highest BCUT2D eigenvalue weighted by atomic mass is 32.2. The maximum absolute atomic E-state index is 10.4. The van der Waals surface area contributed by atoms with Crippen LogP contribution in [-0.2, 0) is 14.9 Å². The van der Waals surface area contributed by atoms with Gasteiger partial charge in [-0.25, -0.2) is 0 Å². The Kier molecular flexibility index (Phi) is 5.04. The van der Waals surface area contributed by atoms with Crippen LogP contribution in [0.25, 0.3) is 0 Å². The van der Waals surface area contributed by atoms with Crippen molar-refractivity contribution in [2.24, 2.45) is 5.92 Å². The van der Waals surface area contributed by atoms with Crippen LogP contribution in [0.4, 0.5) is 0 Å². The van der Waals surface area contributed by atoms with Crippen LogP contribution in [0.3, 0.4) is 0 Å². The van der Waals surface area contributed by atoms with E-state index in [1.54, 1.807) is 18.2 Å². The Bertz CT molecular complexity index is 629. The van der Waals surface area contributed by atoms with Crippen LogP contribution in [0, 0.1) is 5.92 Å². The second-order valence-corrected chi connectivity index (χ2v) is 9.11. The predicted molar refractivity (Wildman–Crippen MR) is 91.2 cm³/mol. The lowest BCUT2D eigenvalue weighted by Crippen LogP contribution is -2.60. The Labute approximate surface area is 142 Å². The van der Waals surface area contributed by atoms with Gasteiger partial charge < -0.3 is 9.64 Å². The Morgan fingerprint density at radius 3 is 2.30 bits per heavy atom. The van der Waals surface area contributed by atoms with Gasteiger partial charge in [-0.1, -0.05) is 18.2 Å². The number of rotatable bonds is 1. The summed E-state index contributed by atoms with van der Waals surface area (Å²) in [6, 6.07) is 7.42. The molecule has 4 saturated heterocycles. The van der Waals surface area contributed by atoms with Crippen molar-refractivity contribution < 1.29 is 17.7 Å². The smallest absolute Gasteiger partial charge is 0.294 e. The van der Waals surface area contributed by atoms with Crippen molar-refractivity contribution in [3.8, 4) is 0 Å². The zero-order valence-electron chi connectivity index (χ0n) is 13.2. The molecule has 0 aromatic heterocycles. The van der Waals surface area contributed by atoms with Gasteiger partial charge in [-0.15, -0.1) is 11.8 Å². The van der Waals surface area contributed by atoms with Gasteiger partial charge in [0.25, 0.3) is 10.1 Å². The van der Waals surface area contributed by atoms with Crippen LogP contribution in [0.2, 0.25) is 0 Å². The van der Waals surface area contributed by atoms with Gasteiger partial charge in [-0.3, -0.25) is 4.55 Å². The van der Waals surface area contributed by atoms with Crippen molar-refractivity contribution in [2.75, 3.05) is 25.4 Å². The molecule has 4 aliphatic rings. The van der Waals surface area contributed by atoms with Gasteiger partial charge in [0.1, 0.15) is 5.44 Å². The van der Waals surface area contributed by atoms with E-state index in [1.807, 2.05) is 11.8 Å². The lowest BCUT2D eigenvalue weighted by atomic mass is 9.76. The molecule has 4 fully saturated rings. The highest BCUT2D eigenvalue weighted by Gasteiger charge is 2.51. The molecule has 4 heterocycles. The van der Waals surface area contributed by atoms with Gasteiger partial charge in [0.15, 0.2) is 0 Å². The highest BCUT2D eigenvalue weighted by Crippen LogP contribution is 2.46. The fourth-order valence-electron chi connectivity index (χ4n) is 3.67. The predicted octanol–water partition coefficient (Wildman–Crippen LogP) is 2.49. The second-order valence-electron chi connectivity index (χ2n) is 6.40. The van der Waals surface area contributed by atoms with Gasteiger partial charge in [0, 0.05) is 12.3 Å². The normalized spacial score (nSPS) is 35.8. The van der Waals surface area contributed by atoms with Gasteiger partial charge in [0.2, 0.25) is 0 Å².